The van der Waals surface area contributed by atoms with Crippen LogP contribution in [0.15, 0.2) is 24.3 Å². The van der Waals surface area contributed by atoms with E-state index in [1.54, 1.807) is 6.92 Å². The van der Waals surface area contributed by atoms with Crippen LogP contribution in [0, 0.1) is 11.8 Å². The van der Waals surface area contributed by atoms with Crippen LogP contribution in [0.4, 0.5) is 0 Å². The molecule has 1 rings (SSSR count). The van der Waals surface area contributed by atoms with Crippen LogP contribution in [0.1, 0.15) is 60.3 Å². The summed E-state index contributed by atoms with van der Waals surface area (Å²) in [6, 6.07) is 0. The van der Waals surface area contributed by atoms with E-state index in [2.05, 4.69) is 38.2 Å². The van der Waals surface area contributed by atoms with Gasteiger partial charge < -0.3 is 5.11 Å². The molecule has 1 aliphatic rings. The second kappa shape index (κ2) is 7.93. The third kappa shape index (κ3) is 6.32. The van der Waals surface area contributed by atoms with Crippen molar-refractivity contribution in [2.45, 2.75) is 71.5 Å². The maximum Gasteiger partial charge on any atom is 0.306 e. The highest BCUT2D eigenvalue weighted by Crippen LogP contribution is 2.41. The maximum atomic E-state index is 10.9. The second-order valence-corrected chi connectivity index (χ2v) is 7.16. The van der Waals surface area contributed by atoms with Crippen LogP contribution in [0.5, 0.6) is 0 Å². The number of hydrogen-bond donors (Lipinski definition) is 1. The highest BCUT2D eigenvalue weighted by atomic mass is 17.2. The van der Waals surface area contributed by atoms with Crippen molar-refractivity contribution in [2.24, 2.45) is 11.8 Å². The molecule has 0 aromatic carbocycles. The molecular formula is C18H30O4. The first kappa shape index (κ1) is 18.9. The van der Waals surface area contributed by atoms with Crippen molar-refractivity contribution < 1.29 is 19.7 Å². The lowest BCUT2D eigenvalue weighted by atomic mass is 9.83. The minimum atomic E-state index is -0.860. The van der Waals surface area contributed by atoms with Crippen molar-refractivity contribution in [3.8, 4) is 0 Å². The standard InChI is InChI=1S/C18H30O4/c1-6-8-14(2)9-7-10-15(3)11-17(4)13-18(5,22-21-17)12-16(19)20/h6-8,10,14-15H,9,11-13H2,1-5H3,(H,19,20)/b8-6+,10-7+. The fraction of sp³-hybridized carbons (Fsp3) is 0.722. The van der Waals surface area contributed by atoms with Crippen molar-refractivity contribution in [2.75, 3.05) is 0 Å². The van der Waals surface area contributed by atoms with Gasteiger partial charge in [-0.2, -0.15) is 0 Å². The van der Waals surface area contributed by atoms with E-state index in [-0.39, 0.29) is 6.42 Å². The van der Waals surface area contributed by atoms with Crippen LogP contribution in [0.3, 0.4) is 0 Å². The van der Waals surface area contributed by atoms with Crippen LogP contribution < -0.4 is 0 Å². The highest BCUT2D eigenvalue weighted by molar-refractivity contribution is 5.68. The van der Waals surface area contributed by atoms with Gasteiger partial charge in [0.2, 0.25) is 0 Å². The molecule has 4 unspecified atom stereocenters. The smallest absolute Gasteiger partial charge is 0.306 e. The Kier molecular flexibility index (Phi) is 6.82. The van der Waals surface area contributed by atoms with E-state index in [0.29, 0.717) is 18.3 Å². The van der Waals surface area contributed by atoms with Crippen LogP contribution in [-0.2, 0) is 14.6 Å². The van der Waals surface area contributed by atoms with Gasteiger partial charge in [0.1, 0.15) is 11.2 Å². The van der Waals surface area contributed by atoms with E-state index in [9.17, 15) is 4.79 Å². The van der Waals surface area contributed by atoms with Crippen molar-refractivity contribution >= 4 is 5.97 Å². The molecule has 0 amide bonds. The number of aliphatic carboxylic acids is 1. The summed E-state index contributed by atoms with van der Waals surface area (Å²) in [6.45, 7) is 10.2. The number of carbonyl (C=O) groups is 1. The third-order valence-corrected chi connectivity index (χ3v) is 3.96. The van der Waals surface area contributed by atoms with Gasteiger partial charge in [0.15, 0.2) is 0 Å². The van der Waals surface area contributed by atoms with Crippen LogP contribution in [0.25, 0.3) is 0 Å². The lowest BCUT2D eigenvalue weighted by Gasteiger charge is -2.24. The molecule has 4 nitrogen and oxygen atoms in total. The summed E-state index contributed by atoms with van der Waals surface area (Å²) in [7, 11) is 0. The molecule has 0 saturated carbocycles. The molecule has 1 saturated heterocycles. The fourth-order valence-electron chi connectivity index (χ4n) is 3.25. The van der Waals surface area contributed by atoms with Crippen molar-refractivity contribution in [3.63, 3.8) is 0 Å². The SMILES string of the molecule is C/C=C/C(C)C/C=C/C(C)CC1(C)CC(C)(CC(=O)O)OO1. The normalized spacial score (nSPS) is 31.9. The average Bonchev–Trinajstić information content (AvgIpc) is 2.63. The Bertz CT molecular complexity index is 429. The lowest BCUT2D eigenvalue weighted by molar-refractivity contribution is -0.346. The van der Waals surface area contributed by atoms with Crippen LogP contribution in [-0.4, -0.2) is 22.3 Å². The molecule has 0 aromatic rings. The predicted molar refractivity (Wildman–Crippen MR) is 87.4 cm³/mol. The maximum absolute atomic E-state index is 10.9. The molecule has 126 valence electrons. The van der Waals surface area contributed by atoms with E-state index in [4.69, 9.17) is 14.9 Å². The average molecular weight is 310 g/mol. The molecular weight excluding hydrogens is 280 g/mol. The number of rotatable bonds is 8. The molecule has 0 spiro atoms. The number of hydrogen-bond acceptors (Lipinski definition) is 3. The largest absolute Gasteiger partial charge is 0.481 e. The fourth-order valence-corrected chi connectivity index (χ4v) is 3.25. The van der Waals surface area contributed by atoms with Gasteiger partial charge in [0.25, 0.3) is 0 Å². The quantitative estimate of drug-likeness (QED) is 0.529. The summed E-state index contributed by atoms with van der Waals surface area (Å²) in [5.74, 6) is 0.0498. The van der Waals surface area contributed by atoms with E-state index < -0.39 is 17.2 Å². The van der Waals surface area contributed by atoms with E-state index in [0.717, 1.165) is 12.8 Å². The van der Waals surface area contributed by atoms with Crippen molar-refractivity contribution in [1.29, 1.82) is 0 Å². The van der Waals surface area contributed by atoms with Gasteiger partial charge in [-0.1, -0.05) is 38.2 Å². The molecule has 1 aliphatic heterocycles. The Balaban J connectivity index is 2.48. The molecule has 0 aromatic heterocycles. The molecule has 1 N–H and O–H groups in total. The zero-order valence-corrected chi connectivity index (χ0v) is 14.5. The molecule has 0 aliphatic carbocycles. The molecule has 0 bridgehead atoms. The first-order chi connectivity index (χ1) is 10.2. The van der Waals surface area contributed by atoms with Gasteiger partial charge in [-0.15, -0.1) is 0 Å². The second-order valence-electron chi connectivity index (χ2n) is 7.16. The summed E-state index contributed by atoms with van der Waals surface area (Å²) in [5.41, 5.74) is -1.16. The van der Waals surface area contributed by atoms with Crippen molar-refractivity contribution in [3.05, 3.63) is 24.3 Å². The molecule has 4 heteroatoms. The molecule has 4 atom stereocenters. The van der Waals surface area contributed by atoms with Gasteiger partial charge in [-0.05, 0) is 45.4 Å². The third-order valence-electron chi connectivity index (χ3n) is 3.96. The van der Waals surface area contributed by atoms with E-state index >= 15 is 0 Å². The van der Waals surface area contributed by atoms with Gasteiger partial charge in [0.05, 0.1) is 6.42 Å². The van der Waals surface area contributed by atoms with Crippen LogP contribution >= 0.6 is 0 Å². The summed E-state index contributed by atoms with van der Waals surface area (Å²) in [4.78, 5) is 21.7. The monoisotopic (exact) mass is 310 g/mol. The van der Waals surface area contributed by atoms with E-state index in [1.807, 2.05) is 13.8 Å². The Morgan fingerprint density at radius 1 is 1.18 bits per heavy atom. The summed E-state index contributed by atoms with van der Waals surface area (Å²) >= 11 is 0. The number of allylic oxidation sites excluding steroid dienone is 4. The zero-order valence-electron chi connectivity index (χ0n) is 14.5. The summed E-state index contributed by atoms with van der Waals surface area (Å²) < 4.78 is 0. The first-order valence-electron chi connectivity index (χ1n) is 8.06. The molecule has 1 heterocycles. The number of carboxylic acid groups (broad SMARTS) is 1. The Labute approximate surface area is 134 Å². The van der Waals surface area contributed by atoms with Gasteiger partial charge in [-0.3, -0.25) is 4.79 Å². The van der Waals surface area contributed by atoms with Gasteiger partial charge >= 0.3 is 5.97 Å². The minimum absolute atomic E-state index is 0.0341. The van der Waals surface area contributed by atoms with Gasteiger partial charge in [0, 0.05) is 6.42 Å². The highest BCUT2D eigenvalue weighted by Gasteiger charge is 2.47. The molecule has 1 fully saturated rings. The van der Waals surface area contributed by atoms with Gasteiger partial charge in [-0.25, -0.2) is 9.78 Å². The summed E-state index contributed by atoms with van der Waals surface area (Å²) in [6.07, 6.45) is 11.1. The predicted octanol–water partition coefficient (Wildman–Crippen LogP) is 4.52. The Morgan fingerprint density at radius 3 is 2.41 bits per heavy atom. The number of carboxylic acids is 1. The van der Waals surface area contributed by atoms with Crippen LogP contribution in [0.2, 0.25) is 0 Å². The molecule has 0 radical (unpaired) electrons. The molecule has 22 heavy (non-hydrogen) atoms. The Hall–Kier alpha value is -1.13. The lowest BCUT2D eigenvalue weighted by Crippen LogP contribution is -2.31. The van der Waals surface area contributed by atoms with E-state index in [1.165, 1.54) is 0 Å². The summed E-state index contributed by atoms with van der Waals surface area (Å²) in [5, 5.41) is 8.95. The minimum Gasteiger partial charge on any atom is -0.481 e. The Morgan fingerprint density at radius 2 is 1.82 bits per heavy atom. The van der Waals surface area contributed by atoms with Crippen molar-refractivity contribution in [1.82, 2.24) is 0 Å². The topological polar surface area (TPSA) is 55.8 Å². The zero-order chi connectivity index (χ0) is 16.8. The first-order valence-corrected chi connectivity index (χ1v) is 8.06.